The van der Waals surface area contributed by atoms with Gasteiger partial charge in [0.25, 0.3) is 0 Å². The number of aromatic nitrogens is 1. The van der Waals surface area contributed by atoms with Gasteiger partial charge in [-0.15, -0.1) is 0 Å². The van der Waals surface area contributed by atoms with Gasteiger partial charge in [0.1, 0.15) is 0 Å². The second-order valence-electron chi connectivity index (χ2n) is 4.54. The van der Waals surface area contributed by atoms with Crippen molar-refractivity contribution in [3.63, 3.8) is 0 Å². The smallest absolute Gasteiger partial charge is 0.0366 e. The number of nitrogens with one attached hydrogen (secondary N) is 1. The summed E-state index contributed by atoms with van der Waals surface area (Å²) in [7, 11) is 0. The van der Waals surface area contributed by atoms with E-state index in [4.69, 9.17) is 0 Å². The van der Waals surface area contributed by atoms with Gasteiger partial charge in [-0.3, -0.25) is 4.98 Å². The number of nitrogens with zero attached hydrogens (tertiary/aromatic N) is 1. The Balaban J connectivity index is 1.86. The zero-order valence-electron chi connectivity index (χ0n) is 8.32. The molecule has 1 atom stereocenters. The van der Waals surface area contributed by atoms with Crippen LogP contribution in [0.15, 0.2) is 24.5 Å². The number of fused-ring (bicyclic) bond motifs is 3. The molecule has 0 spiro atoms. The lowest BCUT2D eigenvalue weighted by molar-refractivity contribution is 0.149. The van der Waals surface area contributed by atoms with Crippen LogP contribution in [0.3, 0.4) is 0 Å². The van der Waals surface area contributed by atoms with Gasteiger partial charge in [0.15, 0.2) is 0 Å². The molecule has 1 aliphatic carbocycles. The van der Waals surface area contributed by atoms with E-state index < -0.39 is 0 Å². The molecule has 2 nitrogen and oxygen atoms in total. The van der Waals surface area contributed by atoms with Crippen LogP contribution in [0, 0.1) is 5.92 Å². The molecule has 1 unspecified atom stereocenters. The molecule has 74 valence electrons. The summed E-state index contributed by atoms with van der Waals surface area (Å²) in [6.07, 6.45) is 9.42. The molecule has 0 amide bonds. The maximum Gasteiger partial charge on any atom is 0.0366 e. The fourth-order valence-corrected chi connectivity index (χ4v) is 2.94. The molecule has 0 radical (unpaired) electrons. The van der Waals surface area contributed by atoms with Crippen LogP contribution in [0.25, 0.3) is 0 Å². The zero-order chi connectivity index (χ0) is 9.38. The molecule has 3 fully saturated rings. The summed E-state index contributed by atoms with van der Waals surface area (Å²) in [5.74, 6) is 0.851. The monoisotopic (exact) mass is 188 g/mol. The van der Waals surface area contributed by atoms with Crippen LogP contribution in [-0.4, -0.2) is 11.0 Å². The SMILES string of the molecule is c1cncc(C2NC3CCC2CC3)c1. The number of rotatable bonds is 1. The van der Waals surface area contributed by atoms with E-state index in [2.05, 4.69) is 16.4 Å². The van der Waals surface area contributed by atoms with E-state index in [1.165, 1.54) is 31.2 Å². The minimum Gasteiger partial charge on any atom is -0.307 e. The van der Waals surface area contributed by atoms with Crippen molar-refractivity contribution in [1.82, 2.24) is 10.3 Å². The summed E-state index contributed by atoms with van der Waals surface area (Å²) in [5.41, 5.74) is 1.38. The van der Waals surface area contributed by atoms with Crippen LogP contribution in [0.1, 0.15) is 37.3 Å². The van der Waals surface area contributed by atoms with E-state index in [0.717, 1.165) is 12.0 Å². The second kappa shape index (κ2) is 3.35. The third kappa shape index (κ3) is 1.34. The van der Waals surface area contributed by atoms with Crippen LogP contribution < -0.4 is 5.32 Å². The van der Waals surface area contributed by atoms with E-state index in [-0.39, 0.29) is 0 Å². The van der Waals surface area contributed by atoms with E-state index in [1.54, 1.807) is 0 Å². The average molecular weight is 188 g/mol. The van der Waals surface area contributed by atoms with Gasteiger partial charge >= 0.3 is 0 Å². The molecule has 2 aliphatic heterocycles. The Kier molecular flexibility index (Phi) is 2.02. The van der Waals surface area contributed by atoms with Crippen molar-refractivity contribution >= 4 is 0 Å². The normalized spacial score (nSPS) is 35.9. The Labute approximate surface area is 84.7 Å². The highest BCUT2D eigenvalue weighted by Crippen LogP contribution is 2.40. The minimum absolute atomic E-state index is 0.580. The molecule has 1 aromatic heterocycles. The van der Waals surface area contributed by atoms with Crippen molar-refractivity contribution in [3.05, 3.63) is 30.1 Å². The highest BCUT2D eigenvalue weighted by Gasteiger charge is 2.35. The highest BCUT2D eigenvalue weighted by molar-refractivity contribution is 5.17. The highest BCUT2D eigenvalue weighted by atomic mass is 15.0. The molecule has 2 bridgehead atoms. The lowest BCUT2D eigenvalue weighted by Crippen LogP contribution is -2.46. The lowest BCUT2D eigenvalue weighted by Gasteiger charge is -2.43. The predicted octanol–water partition coefficient (Wildman–Crippen LogP) is 2.28. The first-order valence-corrected chi connectivity index (χ1v) is 5.59. The van der Waals surface area contributed by atoms with Gasteiger partial charge in [0, 0.05) is 24.5 Å². The van der Waals surface area contributed by atoms with Gasteiger partial charge in [-0.2, -0.15) is 0 Å². The molecule has 3 aliphatic rings. The Morgan fingerprint density at radius 2 is 2.07 bits per heavy atom. The van der Waals surface area contributed by atoms with Gasteiger partial charge in [0.05, 0.1) is 0 Å². The van der Waals surface area contributed by atoms with Crippen LogP contribution in [-0.2, 0) is 0 Å². The average Bonchev–Trinajstić information content (AvgIpc) is 2.32. The summed E-state index contributed by atoms with van der Waals surface area (Å²) >= 11 is 0. The van der Waals surface area contributed by atoms with Crippen molar-refractivity contribution in [2.75, 3.05) is 0 Å². The Morgan fingerprint density at radius 1 is 1.21 bits per heavy atom. The van der Waals surface area contributed by atoms with Crippen LogP contribution in [0.5, 0.6) is 0 Å². The first kappa shape index (κ1) is 8.42. The molecule has 2 heteroatoms. The Hall–Kier alpha value is -0.890. The van der Waals surface area contributed by atoms with Crippen molar-refractivity contribution in [3.8, 4) is 0 Å². The third-order valence-corrected chi connectivity index (χ3v) is 3.70. The van der Waals surface area contributed by atoms with Gasteiger partial charge in [0.2, 0.25) is 0 Å². The molecule has 1 N–H and O–H groups in total. The summed E-state index contributed by atoms with van der Waals surface area (Å²) in [4.78, 5) is 4.20. The summed E-state index contributed by atoms with van der Waals surface area (Å²) in [6, 6.07) is 5.59. The number of hydrogen-bond donors (Lipinski definition) is 1. The maximum atomic E-state index is 4.20. The summed E-state index contributed by atoms with van der Waals surface area (Å²) in [5, 5.41) is 3.73. The van der Waals surface area contributed by atoms with Crippen LogP contribution in [0.2, 0.25) is 0 Å². The number of piperidine rings is 2. The van der Waals surface area contributed by atoms with E-state index in [9.17, 15) is 0 Å². The van der Waals surface area contributed by atoms with E-state index in [0.29, 0.717) is 6.04 Å². The summed E-state index contributed by atoms with van der Waals surface area (Å²) in [6.45, 7) is 0. The maximum absolute atomic E-state index is 4.20. The third-order valence-electron chi connectivity index (χ3n) is 3.70. The molecule has 14 heavy (non-hydrogen) atoms. The first-order valence-electron chi connectivity index (χ1n) is 5.59. The van der Waals surface area contributed by atoms with Crippen molar-refractivity contribution in [2.45, 2.75) is 37.8 Å². The molecular weight excluding hydrogens is 172 g/mol. The summed E-state index contributed by atoms with van der Waals surface area (Å²) < 4.78 is 0. The van der Waals surface area contributed by atoms with Gasteiger partial charge in [-0.05, 0) is 43.2 Å². The molecule has 2 saturated heterocycles. The Morgan fingerprint density at radius 3 is 2.64 bits per heavy atom. The van der Waals surface area contributed by atoms with Gasteiger partial charge in [-0.1, -0.05) is 6.07 Å². The van der Waals surface area contributed by atoms with Gasteiger partial charge < -0.3 is 5.32 Å². The van der Waals surface area contributed by atoms with E-state index >= 15 is 0 Å². The molecule has 1 aromatic rings. The molecule has 1 saturated carbocycles. The number of hydrogen-bond acceptors (Lipinski definition) is 2. The van der Waals surface area contributed by atoms with Crippen molar-refractivity contribution < 1.29 is 0 Å². The minimum atomic E-state index is 0.580. The van der Waals surface area contributed by atoms with Crippen molar-refractivity contribution in [1.29, 1.82) is 0 Å². The van der Waals surface area contributed by atoms with E-state index in [1.807, 2.05) is 18.5 Å². The fourth-order valence-electron chi connectivity index (χ4n) is 2.94. The second-order valence-corrected chi connectivity index (χ2v) is 4.54. The first-order chi connectivity index (χ1) is 6.93. The van der Waals surface area contributed by atoms with Crippen molar-refractivity contribution in [2.24, 2.45) is 5.92 Å². The standard InChI is InChI=1S/C12H16N2/c1-2-10(8-13-7-1)12-9-3-5-11(14-12)6-4-9/h1-2,7-9,11-12,14H,3-6H2. The molecule has 4 rings (SSSR count). The van der Waals surface area contributed by atoms with Crippen LogP contribution >= 0.6 is 0 Å². The zero-order valence-corrected chi connectivity index (χ0v) is 8.32. The topological polar surface area (TPSA) is 24.9 Å². The Bertz CT molecular complexity index is 301. The largest absolute Gasteiger partial charge is 0.307 e. The van der Waals surface area contributed by atoms with Gasteiger partial charge in [-0.25, -0.2) is 0 Å². The van der Waals surface area contributed by atoms with Crippen LogP contribution in [0.4, 0.5) is 0 Å². The predicted molar refractivity (Wildman–Crippen MR) is 55.9 cm³/mol. The molecular formula is C12H16N2. The molecule has 0 aromatic carbocycles. The number of pyridine rings is 1. The lowest BCUT2D eigenvalue weighted by atomic mass is 9.74. The quantitative estimate of drug-likeness (QED) is 0.731. The molecule has 3 heterocycles. The fraction of sp³-hybridized carbons (Fsp3) is 0.583.